The average molecular weight is 360 g/mol. The Morgan fingerprint density at radius 3 is 2.72 bits per heavy atom. The van der Waals surface area contributed by atoms with Gasteiger partial charge < -0.3 is 10.5 Å². The van der Waals surface area contributed by atoms with E-state index in [-0.39, 0.29) is 12.4 Å². The summed E-state index contributed by atoms with van der Waals surface area (Å²) in [4.78, 5) is 4.02. The van der Waals surface area contributed by atoms with Gasteiger partial charge >= 0.3 is 0 Å². The molecule has 0 amide bonds. The molecule has 0 aliphatic carbocycles. The predicted molar refractivity (Wildman–Crippen MR) is 94.9 cm³/mol. The highest BCUT2D eigenvalue weighted by atomic mass is 32.1. The average Bonchev–Trinajstić information content (AvgIpc) is 3.02. The van der Waals surface area contributed by atoms with Crippen molar-refractivity contribution in [3.8, 4) is 5.75 Å². The van der Waals surface area contributed by atoms with Crippen LogP contribution in [0.1, 0.15) is 11.1 Å². The van der Waals surface area contributed by atoms with Gasteiger partial charge in [0, 0.05) is 11.4 Å². The highest BCUT2D eigenvalue weighted by Gasteiger charge is 2.05. The van der Waals surface area contributed by atoms with Crippen LogP contribution in [0.15, 0.2) is 52.9 Å². The van der Waals surface area contributed by atoms with E-state index in [1.807, 2.05) is 24.3 Å². The maximum atomic E-state index is 13.5. The molecule has 0 aliphatic heterocycles. The minimum absolute atomic E-state index is 0.113. The highest BCUT2D eigenvalue weighted by molar-refractivity contribution is 7.14. The highest BCUT2D eigenvalue weighted by Crippen LogP contribution is 2.19. The van der Waals surface area contributed by atoms with Crippen LogP contribution in [0.4, 0.5) is 19.7 Å². The third kappa shape index (κ3) is 4.74. The summed E-state index contributed by atoms with van der Waals surface area (Å²) in [5.74, 6) is -0.809. The van der Waals surface area contributed by atoms with Gasteiger partial charge in [-0.3, -0.25) is 5.43 Å². The van der Waals surface area contributed by atoms with Gasteiger partial charge in [-0.15, -0.1) is 11.3 Å². The van der Waals surface area contributed by atoms with Crippen LogP contribution in [0.3, 0.4) is 0 Å². The molecule has 25 heavy (non-hydrogen) atoms. The van der Waals surface area contributed by atoms with Gasteiger partial charge in [0.05, 0.1) is 6.21 Å². The summed E-state index contributed by atoms with van der Waals surface area (Å²) in [7, 11) is 0. The molecule has 0 bridgehead atoms. The molecule has 3 rings (SSSR count). The van der Waals surface area contributed by atoms with E-state index in [1.165, 1.54) is 11.3 Å². The zero-order chi connectivity index (χ0) is 17.6. The van der Waals surface area contributed by atoms with Crippen LogP contribution < -0.4 is 15.9 Å². The number of nitrogens with zero attached hydrogens (tertiary/aromatic N) is 2. The summed E-state index contributed by atoms with van der Waals surface area (Å²) in [6.07, 6.45) is 1.63. The Hall–Kier alpha value is -3.00. The van der Waals surface area contributed by atoms with Gasteiger partial charge in [-0.05, 0) is 23.3 Å². The van der Waals surface area contributed by atoms with Crippen molar-refractivity contribution in [1.82, 2.24) is 4.98 Å². The molecule has 128 valence electrons. The zero-order valence-corrected chi connectivity index (χ0v) is 13.8. The number of halogens is 2. The van der Waals surface area contributed by atoms with E-state index in [1.54, 1.807) is 11.6 Å². The van der Waals surface area contributed by atoms with E-state index in [4.69, 9.17) is 10.5 Å². The Balaban J connectivity index is 1.55. The monoisotopic (exact) mass is 360 g/mol. The lowest BCUT2D eigenvalue weighted by Crippen LogP contribution is -1.98. The molecule has 0 saturated carbocycles. The van der Waals surface area contributed by atoms with Crippen LogP contribution >= 0.6 is 11.3 Å². The number of hydrogen-bond donors (Lipinski definition) is 2. The van der Waals surface area contributed by atoms with E-state index < -0.39 is 11.6 Å². The molecular formula is C17H14F2N4OS. The fraction of sp³-hybridized carbons (Fsp3) is 0.0588. The summed E-state index contributed by atoms with van der Waals surface area (Å²) in [6.45, 7) is 0.133. The molecule has 0 atom stereocenters. The van der Waals surface area contributed by atoms with Gasteiger partial charge in [0.1, 0.15) is 18.2 Å². The third-order valence-corrected chi connectivity index (χ3v) is 3.93. The lowest BCUT2D eigenvalue weighted by Gasteiger charge is -2.07. The van der Waals surface area contributed by atoms with E-state index in [0.717, 1.165) is 29.3 Å². The summed E-state index contributed by atoms with van der Waals surface area (Å²) >= 11 is 1.36. The van der Waals surface area contributed by atoms with Crippen molar-refractivity contribution in [2.24, 2.45) is 5.10 Å². The second-order valence-electron chi connectivity index (χ2n) is 5.05. The molecule has 3 aromatic rings. The number of anilines is 2. The first-order chi connectivity index (χ1) is 12.1. The maximum absolute atomic E-state index is 13.5. The molecule has 0 aliphatic rings. The molecule has 0 unspecified atom stereocenters. The Morgan fingerprint density at radius 2 is 2.00 bits per heavy atom. The Kier molecular flexibility index (Phi) is 5.20. The molecule has 0 radical (unpaired) electrons. The van der Waals surface area contributed by atoms with Gasteiger partial charge in [0.2, 0.25) is 5.13 Å². The van der Waals surface area contributed by atoms with E-state index >= 15 is 0 Å². The van der Waals surface area contributed by atoms with E-state index in [2.05, 4.69) is 15.5 Å². The first kappa shape index (κ1) is 16.8. The fourth-order valence-electron chi connectivity index (χ4n) is 1.95. The lowest BCUT2D eigenvalue weighted by atomic mass is 10.1. The number of hydrogen-bond acceptors (Lipinski definition) is 6. The van der Waals surface area contributed by atoms with Crippen LogP contribution in [-0.4, -0.2) is 11.2 Å². The standard InChI is InChI=1S/C17H14F2N4OS/c18-13-5-6-14(19)15(7-13)24-9-12-3-1-11(2-4-12)8-21-23-17-22-16(20)10-25-17/h1-8,10H,9,20H2,(H,22,23). The van der Waals surface area contributed by atoms with Crippen molar-refractivity contribution in [2.45, 2.75) is 6.61 Å². The molecule has 3 N–H and O–H groups in total. The van der Waals surface area contributed by atoms with Gasteiger partial charge in [-0.1, -0.05) is 24.3 Å². The number of nitrogens with one attached hydrogen (secondary N) is 1. The lowest BCUT2D eigenvalue weighted by molar-refractivity contribution is 0.288. The van der Waals surface area contributed by atoms with Crippen LogP contribution in [0, 0.1) is 11.6 Å². The Bertz CT molecular complexity index is 881. The summed E-state index contributed by atoms with van der Waals surface area (Å²) in [5.41, 5.74) is 9.98. The minimum atomic E-state index is -0.598. The normalized spacial score (nSPS) is 11.0. The topological polar surface area (TPSA) is 72.5 Å². The van der Waals surface area contributed by atoms with Crippen molar-refractivity contribution >= 4 is 28.5 Å². The van der Waals surface area contributed by atoms with Crippen molar-refractivity contribution < 1.29 is 13.5 Å². The SMILES string of the molecule is Nc1csc(NN=Cc2ccc(COc3cc(F)ccc3F)cc2)n1. The van der Waals surface area contributed by atoms with Crippen molar-refractivity contribution in [2.75, 3.05) is 11.2 Å². The van der Waals surface area contributed by atoms with Crippen LogP contribution in [0.25, 0.3) is 0 Å². The predicted octanol–water partition coefficient (Wildman–Crippen LogP) is 4.03. The Morgan fingerprint density at radius 1 is 1.20 bits per heavy atom. The quantitative estimate of drug-likeness (QED) is 0.514. The molecule has 1 aromatic heterocycles. The first-order valence-corrected chi connectivity index (χ1v) is 8.15. The molecule has 0 spiro atoms. The van der Waals surface area contributed by atoms with E-state index in [0.29, 0.717) is 10.9 Å². The number of thiazole rings is 1. The van der Waals surface area contributed by atoms with Crippen LogP contribution in [-0.2, 0) is 6.61 Å². The van der Waals surface area contributed by atoms with Gasteiger partial charge in [-0.25, -0.2) is 13.8 Å². The molecular weight excluding hydrogens is 346 g/mol. The van der Waals surface area contributed by atoms with Crippen molar-refractivity contribution in [3.05, 3.63) is 70.6 Å². The number of rotatable bonds is 6. The summed E-state index contributed by atoms with van der Waals surface area (Å²) < 4.78 is 31.9. The number of nitrogen functional groups attached to an aromatic ring is 1. The Labute approximate surface area is 146 Å². The van der Waals surface area contributed by atoms with Gasteiger partial charge in [-0.2, -0.15) is 5.10 Å². The molecule has 8 heteroatoms. The second kappa shape index (κ2) is 7.71. The number of hydrazone groups is 1. The minimum Gasteiger partial charge on any atom is -0.486 e. The van der Waals surface area contributed by atoms with E-state index in [9.17, 15) is 8.78 Å². The second-order valence-corrected chi connectivity index (χ2v) is 5.91. The van der Waals surface area contributed by atoms with Gasteiger partial charge in [0.25, 0.3) is 0 Å². The van der Waals surface area contributed by atoms with Gasteiger partial charge in [0.15, 0.2) is 11.6 Å². The molecule has 2 aromatic carbocycles. The number of ether oxygens (including phenoxy) is 1. The smallest absolute Gasteiger partial charge is 0.205 e. The molecule has 5 nitrogen and oxygen atoms in total. The first-order valence-electron chi connectivity index (χ1n) is 7.27. The van der Waals surface area contributed by atoms with Crippen LogP contribution in [0.5, 0.6) is 5.75 Å². The summed E-state index contributed by atoms with van der Waals surface area (Å²) in [5, 5.41) is 6.39. The number of benzene rings is 2. The van der Waals surface area contributed by atoms with Crippen molar-refractivity contribution in [3.63, 3.8) is 0 Å². The van der Waals surface area contributed by atoms with Crippen molar-refractivity contribution in [1.29, 1.82) is 0 Å². The number of nitrogens with two attached hydrogens (primary N) is 1. The largest absolute Gasteiger partial charge is 0.486 e. The molecule has 0 saturated heterocycles. The molecule has 1 heterocycles. The maximum Gasteiger partial charge on any atom is 0.205 e. The third-order valence-electron chi connectivity index (χ3n) is 3.16. The summed E-state index contributed by atoms with van der Waals surface area (Å²) in [6, 6.07) is 10.4. The zero-order valence-electron chi connectivity index (χ0n) is 12.9. The molecule has 0 fully saturated rings. The fourth-order valence-corrected chi connectivity index (χ4v) is 2.50. The number of aromatic nitrogens is 1. The van der Waals surface area contributed by atoms with Crippen LogP contribution in [0.2, 0.25) is 0 Å².